The van der Waals surface area contributed by atoms with E-state index in [1.807, 2.05) is 51.1 Å². The molecule has 6 aromatic carbocycles. The van der Waals surface area contributed by atoms with Crippen LogP contribution in [0.25, 0.3) is 17.4 Å². The number of halogens is 8. The highest BCUT2D eigenvalue weighted by Crippen LogP contribution is 2.30. The summed E-state index contributed by atoms with van der Waals surface area (Å²) in [7, 11) is 0. The Labute approximate surface area is 741 Å². The molecule has 7 aromatic rings. The molecule has 6 N–H and O–H groups in total. The van der Waals surface area contributed by atoms with Gasteiger partial charge < -0.3 is 70.6 Å². The Kier molecular flexibility index (Phi) is 37.5. The number of carbonyl (C=O) groups excluding carboxylic acids is 6. The van der Waals surface area contributed by atoms with Crippen LogP contribution in [0.4, 0.5) is 13.2 Å². The minimum atomic E-state index is -4.76. The van der Waals surface area contributed by atoms with Gasteiger partial charge in [0.1, 0.15) is 5.75 Å². The molecule has 658 valence electrons. The standard InChI is InChI=1S/C33H42ClN5O3.C30H35Cl2F3N4O3.C30H40Cl2N4O2/c1-2-24(25-9-5-3-6-10-25)23-39-20-15-28(36-29(33(39)41)16-19-38-17-7-4-8-18-38)22-35-32(40)30-21-31(42-37-30)26-11-13-27(34)14-12-26;31-23-16-22(17-24(32)18-23)20-39-15-10-25(37-27(29(39)41)11-14-38-12-2-1-3-13-38)19-36-28(40)9-6-21-4-7-26(8-5-21)42-30(33,34)35;1-2-22(23-9-5-3-6-10-23)21-36-18-13-25(20-33-29(37)26-12-11-24(31)19-27(26)32)34-28(30(36)38)14-17-35-15-7-4-8-16-35/h3,5-6,9-14,21,24,28-29,36H,2,4,7-8,15-20,22-23H2,1H3,(H,35,40);4-9,16-18,25,27,37H,1-3,10-15,19-20H2,(H,36,40);3,5-6,9-12,19,22,25,28,34H,2,4,7-8,13-18,20-21H2,1H3,(H,33,37)/b;9-6+;/t24-,28+,29+;25-,27-;22-,25+,28+/m101/s1. The lowest BCUT2D eigenvalue weighted by Crippen LogP contribution is -2.50. The summed E-state index contributed by atoms with van der Waals surface area (Å²) < 4.78 is 46.3. The van der Waals surface area contributed by atoms with Crippen LogP contribution in [-0.2, 0) is 25.7 Å². The number of hydrogen-bond acceptors (Lipinski definition) is 15. The number of rotatable bonds is 31. The maximum atomic E-state index is 13.9. The Balaban J connectivity index is 0.000000179. The average molecular weight is 1780 g/mol. The van der Waals surface area contributed by atoms with Crippen LogP contribution in [0.5, 0.6) is 5.75 Å². The van der Waals surface area contributed by atoms with Gasteiger partial charge in [0.05, 0.1) is 28.7 Å². The molecule has 0 saturated carbocycles. The van der Waals surface area contributed by atoms with Crippen LogP contribution in [-0.4, -0.2) is 224 Å². The molecule has 6 aliphatic heterocycles. The molecule has 1 aromatic heterocycles. The zero-order valence-electron chi connectivity index (χ0n) is 69.9. The maximum Gasteiger partial charge on any atom is 0.573 e. The number of carbonyl (C=O) groups is 6. The highest BCUT2D eigenvalue weighted by Gasteiger charge is 2.37. The van der Waals surface area contributed by atoms with Crippen molar-refractivity contribution in [2.75, 3.05) is 111 Å². The van der Waals surface area contributed by atoms with E-state index in [0.29, 0.717) is 120 Å². The van der Waals surface area contributed by atoms with Crippen molar-refractivity contribution in [2.45, 2.75) is 184 Å². The van der Waals surface area contributed by atoms with E-state index in [1.165, 1.54) is 105 Å². The Morgan fingerprint density at radius 2 is 0.951 bits per heavy atom. The van der Waals surface area contributed by atoms with Gasteiger partial charge in [-0.3, -0.25) is 28.8 Å². The summed E-state index contributed by atoms with van der Waals surface area (Å²) in [5.41, 5.74) is 5.36. The topological polar surface area (TPSA) is 229 Å². The second kappa shape index (κ2) is 48.4. The van der Waals surface area contributed by atoms with Crippen molar-refractivity contribution >= 4 is 99.5 Å². The van der Waals surface area contributed by atoms with E-state index >= 15 is 0 Å². The summed E-state index contributed by atoms with van der Waals surface area (Å²) in [4.78, 5) is 93.0. The first-order chi connectivity index (χ1) is 59.0. The summed E-state index contributed by atoms with van der Waals surface area (Å²) >= 11 is 30.6. The van der Waals surface area contributed by atoms with Gasteiger partial charge in [0.25, 0.3) is 11.8 Å². The van der Waals surface area contributed by atoms with Gasteiger partial charge in [0.15, 0.2) is 11.5 Å². The van der Waals surface area contributed by atoms with Gasteiger partial charge in [-0.1, -0.05) is 169 Å². The fraction of sp³-hybridized carbons (Fsp3) is 0.495. The van der Waals surface area contributed by atoms with Gasteiger partial charge in [-0.05, 0) is 230 Å². The number of nitrogens with zero attached hydrogens (tertiary/aromatic N) is 7. The first-order valence-corrected chi connectivity index (χ1v) is 45.3. The lowest BCUT2D eigenvalue weighted by atomic mass is 9.95. The van der Waals surface area contributed by atoms with Crippen molar-refractivity contribution in [2.24, 2.45) is 0 Å². The first kappa shape index (κ1) is 94.6. The van der Waals surface area contributed by atoms with Crippen LogP contribution >= 0.6 is 58.0 Å². The lowest BCUT2D eigenvalue weighted by Gasteiger charge is -2.31. The van der Waals surface area contributed by atoms with Crippen LogP contribution in [0.15, 0.2) is 162 Å². The lowest BCUT2D eigenvalue weighted by molar-refractivity contribution is -0.274. The fourth-order valence-electron chi connectivity index (χ4n) is 16.9. The molecular formula is C93H117Cl5F3N13O8. The summed E-state index contributed by atoms with van der Waals surface area (Å²) in [6.45, 7) is 18.2. The van der Waals surface area contributed by atoms with Crippen LogP contribution in [0, 0.1) is 0 Å². The average Bonchev–Trinajstić information content (AvgIpc) is 1.70. The van der Waals surface area contributed by atoms with Crippen LogP contribution in [0.1, 0.15) is 178 Å². The molecular weight excluding hydrogens is 1660 g/mol. The third-order valence-electron chi connectivity index (χ3n) is 23.8. The van der Waals surface area contributed by atoms with E-state index in [1.54, 1.807) is 42.5 Å². The SMILES string of the molecule is CC[C@H](CN1CC[C@@H](CNC(=O)c2cc(-c3ccc(Cl)cc3)on2)N[C@@H](CCN2CCCCC2)C1=O)c1ccccc1.CC[C@H](CN1CC[C@@H](CNC(=O)c2ccc(Cl)cc2Cl)N[C@@H](CCN2CCCCC2)C1=O)c1ccccc1.O=C(/C=C/c1ccc(OC(F)(F)F)cc1)NC[C@@H]1CCN(Cc2cc(Cl)cc(Cl)c2)C(=O)[C@H](CCN2CCCCC2)N1. The van der Waals surface area contributed by atoms with Crippen molar-refractivity contribution in [1.29, 1.82) is 0 Å². The highest BCUT2D eigenvalue weighted by molar-refractivity contribution is 6.37. The van der Waals surface area contributed by atoms with Crippen molar-refractivity contribution in [3.63, 3.8) is 0 Å². The minimum absolute atomic E-state index is 0.00905. The van der Waals surface area contributed by atoms with E-state index in [-0.39, 0.29) is 83.0 Å². The summed E-state index contributed by atoms with van der Waals surface area (Å²) in [6.07, 6.45) is 15.4. The molecule has 0 bridgehead atoms. The van der Waals surface area contributed by atoms with E-state index in [2.05, 4.69) is 119 Å². The molecule has 6 fully saturated rings. The summed E-state index contributed by atoms with van der Waals surface area (Å²) in [5, 5.41) is 26.1. The monoisotopic (exact) mass is 1780 g/mol. The second-order valence-corrected chi connectivity index (χ2v) is 34.8. The van der Waals surface area contributed by atoms with E-state index in [4.69, 9.17) is 62.5 Å². The molecule has 21 nitrogen and oxygen atoms in total. The number of benzene rings is 6. The Hall–Kier alpha value is -8.11. The highest BCUT2D eigenvalue weighted by atomic mass is 35.5. The molecule has 0 radical (unpaired) electrons. The Morgan fingerprint density at radius 1 is 0.508 bits per heavy atom. The zero-order valence-corrected chi connectivity index (χ0v) is 73.7. The zero-order chi connectivity index (χ0) is 86.3. The molecule has 7 heterocycles. The molecule has 122 heavy (non-hydrogen) atoms. The molecule has 29 heteroatoms. The molecule has 0 unspecified atom stereocenters. The number of ether oxygens (including phenoxy) is 1. The predicted octanol–water partition coefficient (Wildman–Crippen LogP) is 16.4. The van der Waals surface area contributed by atoms with Crippen molar-refractivity contribution < 1.29 is 51.2 Å². The van der Waals surface area contributed by atoms with Crippen LogP contribution in [0.2, 0.25) is 25.1 Å². The molecule has 0 aliphatic carbocycles. The molecule has 6 amide bonds. The van der Waals surface area contributed by atoms with Crippen LogP contribution in [0.3, 0.4) is 0 Å². The summed E-state index contributed by atoms with van der Waals surface area (Å²) in [6, 6.07) is 44.0. The molecule has 8 atom stereocenters. The minimum Gasteiger partial charge on any atom is -0.406 e. The quantitative estimate of drug-likeness (QED) is 0.0222. The third kappa shape index (κ3) is 30.4. The number of alkyl halides is 3. The normalized spacial score (nSPS) is 20.9. The van der Waals surface area contributed by atoms with Crippen molar-refractivity contribution in [1.82, 2.24) is 66.5 Å². The number of piperidine rings is 3. The maximum absolute atomic E-state index is 13.9. The third-order valence-corrected chi connectivity index (χ3v) is 25.0. The largest absolute Gasteiger partial charge is 0.573 e. The van der Waals surface area contributed by atoms with Gasteiger partial charge in [-0.25, -0.2) is 0 Å². The first-order valence-electron chi connectivity index (χ1n) is 43.4. The van der Waals surface area contributed by atoms with E-state index in [9.17, 15) is 41.9 Å². The smallest absolute Gasteiger partial charge is 0.406 e. The molecule has 0 spiro atoms. The number of aromatic nitrogens is 1. The molecule has 13 rings (SSSR count). The van der Waals surface area contributed by atoms with Gasteiger partial charge in [-0.2, -0.15) is 0 Å². The molecule has 6 saturated heterocycles. The Bertz CT molecular complexity index is 4460. The number of hydrogen-bond donors (Lipinski definition) is 6. The summed E-state index contributed by atoms with van der Waals surface area (Å²) in [5.74, 6) is 0.225. The number of amides is 6. The van der Waals surface area contributed by atoms with E-state index < -0.39 is 12.4 Å². The number of nitrogens with one attached hydrogen (secondary N) is 6. The Morgan fingerprint density at radius 3 is 1.41 bits per heavy atom. The second-order valence-electron chi connectivity index (χ2n) is 32.6. The van der Waals surface area contributed by atoms with Crippen molar-refractivity contribution in [3.8, 4) is 17.1 Å². The van der Waals surface area contributed by atoms with Gasteiger partial charge >= 0.3 is 6.36 Å². The molecule has 6 aliphatic rings. The van der Waals surface area contributed by atoms with Gasteiger partial charge in [0, 0.05) is 146 Å². The van der Waals surface area contributed by atoms with E-state index in [0.717, 1.165) is 109 Å². The predicted molar refractivity (Wildman–Crippen MR) is 478 cm³/mol. The van der Waals surface area contributed by atoms with Gasteiger partial charge in [-0.15, -0.1) is 13.2 Å². The van der Waals surface area contributed by atoms with Crippen molar-refractivity contribution in [3.05, 3.63) is 216 Å². The van der Waals surface area contributed by atoms with Crippen LogP contribution < -0.4 is 36.6 Å². The van der Waals surface area contributed by atoms with Gasteiger partial charge in [0.2, 0.25) is 23.6 Å². The fourth-order valence-corrected chi connectivity index (χ4v) is 18.0. The number of likely N-dealkylation sites (tertiary alicyclic amines) is 3.